The van der Waals surface area contributed by atoms with Gasteiger partial charge in [-0.25, -0.2) is 4.79 Å². The summed E-state index contributed by atoms with van der Waals surface area (Å²) in [6, 6.07) is 0. The quantitative estimate of drug-likeness (QED) is 0.0437. The molecule has 238 valence electrons. The van der Waals surface area contributed by atoms with E-state index in [9.17, 15) is 9.59 Å². The summed E-state index contributed by atoms with van der Waals surface area (Å²) in [5, 5.41) is 16.9. The van der Waals surface area contributed by atoms with Crippen molar-refractivity contribution in [3.05, 3.63) is 85.1 Å². The van der Waals surface area contributed by atoms with E-state index in [1.54, 1.807) is 12.2 Å². The third kappa shape index (κ3) is 44.1. The number of carboxylic acids is 2. The first-order chi connectivity index (χ1) is 20.5. The minimum absolute atomic E-state index is 0.324. The lowest BCUT2D eigenvalue weighted by molar-refractivity contribution is -0.137. The van der Waals surface area contributed by atoms with Gasteiger partial charge in [-0.3, -0.25) is 4.79 Å². The van der Waals surface area contributed by atoms with Crippen molar-refractivity contribution < 1.29 is 19.8 Å². The Bertz CT molecular complexity index is 796. The molecule has 0 bridgehead atoms. The molecule has 0 heterocycles. The summed E-state index contributed by atoms with van der Waals surface area (Å²) in [6.45, 7) is 4.49. The SMILES string of the molecule is CCCCC/C=C\C/C=C\CCCCCCCC(=O)O.CCCCCCCCC/C=C/C=C/C=C/C=C/C=C/C(=O)O. The predicted octanol–water partition coefficient (Wildman–Crippen LogP) is 11.9. The average molecular weight is 583 g/mol. The molecular formula is C38H62O4. The van der Waals surface area contributed by atoms with E-state index in [-0.39, 0.29) is 0 Å². The summed E-state index contributed by atoms with van der Waals surface area (Å²) in [4.78, 5) is 20.5. The van der Waals surface area contributed by atoms with Gasteiger partial charge >= 0.3 is 11.9 Å². The van der Waals surface area contributed by atoms with Crippen LogP contribution in [0.5, 0.6) is 0 Å². The molecule has 0 amide bonds. The molecule has 42 heavy (non-hydrogen) atoms. The minimum Gasteiger partial charge on any atom is -0.481 e. The van der Waals surface area contributed by atoms with Crippen molar-refractivity contribution in [3.63, 3.8) is 0 Å². The molecule has 4 heteroatoms. The van der Waals surface area contributed by atoms with Crippen LogP contribution in [0.2, 0.25) is 0 Å². The topological polar surface area (TPSA) is 74.6 Å². The van der Waals surface area contributed by atoms with Crippen LogP contribution in [-0.2, 0) is 9.59 Å². The lowest BCUT2D eigenvalue weighted by Gasteiger charge is -1.98. The Hall–Kier alpha value is -2.88. The number of hydrogen-bond donors (Lipinski definition) is 2. The number of allylic oxidation sites excluding steroid dienone is 13. The van der Waals surface area contributed by atoms with Crippen molar-refractivity contribution >= 4 is 11.9 Å². The largest absolute Gasteiger partial charge is 0.481 e. The fraction of sp³-hybridized carbons (Fsp3) is 0.579. The zero-order chi connectivity index (χ0) is 31.2. The summed E-state index contributed by atoms with van der Waals surface area (Å²) in [5.41, 5.74) is 0. The zero-order valence-electron chi connectivity index (χ0n) is 26.9. The van der Waals surface area contributed by atoms with Gasteiger partial charge in [0.2, 0.25) is 0 Å². The highest BCUT2D eigenvalue weighted by Crippen LogP contribution is 2.09. The number of unbranched alkanes of at least 4 members (excludes halogenated alkanes) is 15. The smallest absolute Gasteiger partial charge is 0.328 e. The van der Waals surface area contributed by atoms with Gasteiger partial charge in [-0.15, -0.1) is 0 Å². The Kier molecular flexibility index (Phi) is 37.4. The normalized spacial score (nSPS) is 12.2. The third-order valence-electron chi connectivity index (χ3n) is 6.47. The van der Waals surface area contributed by atoms with Gasteiger partial charge in [-0.2, -0.15) is 0 Å². The number of rotatable bonds is 27. The van der Waals surface area contributed by atoms with Crippen molar-refractivity contribution in [1.29, 1.82) is 0 Å². The van der Waals surface area contributed by atoms with Crippen LogP contribution < -0.4 is 0 Å². The minimum atomic E-state index is -0.931. The first kappa shape index (κ1) is 41.3. The summed E-state index contributed by atoms with van der Waals surface area (Å²) in [7, 11) is 0. The Morgan fingerprint density at radius 1 is 0.452 bits per heavy atom. The maximum absolute atomic E-state index is 10.3. The second-order valence-electron chi connectivity index (χ2n) is 10.6. The first-order valence-electron chi connectivity index (χ1n) is 16.6. The monoisotopic (exact) mass is 582 g/mol. The molecule has 0 saturated carbocycles. The van der Waals surface area contributed by atoms with Crippen molar-refractivity contribution in [2.75, 3.05) is 0 Å². The van der Waals surface area contributed by atoms with E-state index >= 15 is 0 Å². The maximum atomic E-state index is 10.3. The van der Waals surface area contributed by atoms with Gasteiger partial charge in [0.25, 0.3) is 0 Å². The molecule has 0 spiro atoms. The van der Waals surface area contributed by atoms with E-state index in [1.165, 1.54) is 96.0 Å². The van der Waals surface area contributed by atoms with Crippen LogP contribution in [0, 0.1) is 0 Å². The van der Waals surface area contributed by atoms with Crippen molar-refractivity contribution in [1.82, 2.24) is 0 Å². The predicted molar refractivity (Wildman–Crippen MR) is 183 cm³/mol. The molecule has 0 atom stereocenters. The Labute approximate surface area is 258 Å². The van der Waals surface area contributed by atoms with E-state index in [2.05, 4.69) is 50.3 Å². The molecule has 0 saturated heterocycles. The van der Waals surface area contributed by atoms with Crippen molar-refractivity contribution in [3.8, 4) is 0 Å². The summed E-state index contributed by atoms with van der Waals surface area (Å²) in [5.74, 6) is -1.60. The molecule has 4 nitrogen and oxygen atoms in total. The second-order valence-corrected chi connectivity index (χ2v) is 10.6. The second kappa shape index (κ2) is 38.1. The third-order valence-corrected chi connectivity index (χ3v) is 6.47. The molecular weight excluding hydrogens is 520 g/mol. The zero-order valence-corrected chi connectivity index (χ0v) is 26.9. The van der Waals surface area contributed by atoms with Gasteiger partial charge in [0, 0.05) is 12.5 Å². The summed E-state index contributed by atoms with van der Waals surface area (Å²) in [6.07, 6.45) is 51.0. The highest BCUT2D eigenvalue weighted by atomic mass is 16.4. The van der Waals surface area contributed by atoms with E-state index in [1.807, 2.05) is 24.3 Å². The number of aliphatic carboxylic acids is 2. The first-order valence-corrected chi connectivity index (χ1v) is 16.6. The molecule has 0 fully saturated rings. The van der Waals surface area contributed by atoms with Crippen LogP contribution in [0.25, 0.3) is 0 Å². The van der Waals surface area contributed by atoms with Gasteiger partial charge in [0.05, 0.1) is 0 Å². The maximum Gasteiger partial charge on any atom is 0.328 e. The average Bonchev–Trinajstić information content (AvgIpc) is 2.97. The number of hydrogen-bond acceptors (Lipinski definition) is 2. The van der Waals surface area contributed by atoms with Crippen molar-refractivity contribution in [2.45, 2.75) is 142 Å². The summed E-state index contributed by atoms with van der Waals surface area (Å²) >= 11 is 0. The van der Waals surface area contributed by atoms with E-state index in [0.29, 0.717) is 6.42 Å². The van der Waals surface area contributed by atoms with Gasteiger partial charge in [0.1, 0.15) is 0 Å². The Morgan fingerprint density at radius 3 is 1.38 bits per heavy atom. The molecule has 0 rings (SSSR count). The molecule has 0 aliphatic rings. The lowest BCUT2D eigenvalue weighted by atomic mass is 10.1. The van der Waals surface area contributed by atoms with Crippen LogP contribution in [0.1, 0.15) is 142 Å². The van der Waals surface area contributed by atoms with Gasteiger partial charge in [0.15, 0.2) is 0 Å². The van der Waals surface area contributed by atoms with Gasteiger partial charge < -0.3 is 10.2 Å². The van der Waals surface area contributed by atoms with Crippen LogP contribution in [0.4, 0.5) is 0 Å². The number of carboxylic acid groups (broad SMARTS) is 2. The molecule has 0 aromatic heterocycles. The summed E-state index contributed by atoms with van der Waals surface area (Å²) < 4.78 is 0. The van der Waals surface area contributed by atoms with E-state index < -0.39 is 11.9 Å². The fourth-order valence-electron chi connectivity index (χ4n) is 4.00. The molecule has 0 aliphatic carbocycles. The Balaban J connectivity index is 0. The molecule has 2 N–H and O–H groups in total. The standard InChI is InChI=1S/C20H30O2.C18H32O2/c1-2-3-4-5-6-7-8-9-10-11-12-13-14-15-16-17-18-19-20(21)22;1-2-3-4-5-6-7-8-9-10-11-12-13-14-15-16-17-18(19)20/h10-19H,2-9H2,1H3,(H,21,22);6-7,9-10H,2-5,8,11-17H2,1H3,(H,19,20)/b11-10+,13-12+,15-14+,17-16+,19-18+;7-6-,10-9-. The molecule has 0 aromatic rings. The van der Waals surface area contributed by atoms with Crippen LogP contribution >= 0.6 is 0 Å². The van der Waals surface area contributed by atoms with Gasteiger partial charge in [-0.1, -0.05) is 163 Å². The number of carbonyl (C=O) groups is 2. The van der Waals surface area contributed by atoms with E-state index in [4.69, 9.17) is 10.2 Å². The highest BCUT2D eigenvalue weighted by Gasteiger charge is 1.95. The van der Waals surface area contributed by atoms with Crippen molar-refractivity contribution in [2.24, 2.45) is 0 Å². The Morgan fingerprint density at radius 2 is 0.857 bits per heavy atom. The molecule has 0 aromatic carbocycles. The van der Waals surface area contributed by atoms with Crippen LogP contribution in [0.3, 0.4) is 0 Å². The molecule has 0 aliphatic heterocycles. The molecule has 0 radical (unpaired) electrons. The highest BCUT2D eigenvalue weighted by molar-refractivity contribution is 5.80. The van der Waals surface area contributed by atoms with Gasteiger partial charge in [-0.05, 0) is 51.4 Å². The van der Waals surface area contributed by atoms with Crippen LogP contribution in [0.15, 0.2) is 85.1 Å². The molecule has 0 unspecified atom stereocenters. The van der Waals surface area contributed by atoms with Crippen LogP contribution in [-0.4, -0.2) is 22.2 Å². The van der Waals surface area contributed by atoms with E-state index in [0.717, 1.165) is 38.2 Å². The lowest BCUT2D eigenvalue weighted by Crippen LogP contribution is -1.93. The fourth-order valence-corrected chi connectivity index (χ4v) is 4.00.